The number of hydrogen-bond donors (Lipinski definition) is 0. The van der Waals surface area contributed by atoms with Gasteiger partial charge in [-0.25, -0.2) is 0 Å². The molecule has 316 valence electrons. The molecule has 0 aliphatic rings. The zero-order valence-electron chi connectivity index (χ0n) is 37.5. The Morgan fingerprint density at radius 1 is 0.291 bits per heavy atom. The van der Waals surface area contributed by atoms with Crippen molar-refractivity contribution in [2.45, 2.75) is 271 Å². The summed E-state index contributed by atoms with van der Waals surface area (Å²) >= 11 is 0. The van der Waals surface area contributed by atoms with Crippen LogP contribution in [0.5, 0.6) is 11.5 Å². The second-order valence-corrected chi connectivity index (χ2v) is 17.5. The van der Waals surface area contributed by atoms with E-state index in [-0.39, 0.29) is 0 Å². The van der Waals surface area contributed by atoms with Crippen LogP contribution in [0.25, 0.3) is 0 Å². The lowest BCUT2D eigenvalue weighted by Crippen LogP contribution is -2.05. The van der Waals surface area contributed by atoms with Crippen LogP contribution in [-0.4, -0.2) is 0 Å². The number of hydrogen-bond acceptors (Lipinski definition) is 1. The molecule has 0 atom stereocenters. The van der Waals surface area contributed by atoms with Gasteiger partial charge in [0.1, 0.15) is 11.5 Å². The second kappa shape index (κ2) is 37.8. The molecule has 0 saturated carbocycles. The van der Waals surface area contributed by atoms with Crippen LogP contribution in [0.4, 0.5) is 0 Å². The predicted octanol–water partition coefficient (Wildman–Crippen LogP) is 19.2. The Kier molecular flexibility index (Phi) is 33.9. The topological polar surface area (TPSA) is 9.23 Å². The average molecular weight is 759 g/mol. The number of ether oxygens (including phenoxy) is 1. The van der Waals surface area contributed by atoms with E-state index in [1.54, 1.807) is 11.1 Å². The predicted molar refractivity (Wildman–Crippen MR) is 247 cm³/mol. The molecule has 0 aliphatic carbocycles. The molecule has 0 amide bonds. The lowest BCUT2D eigenvalue weighted by atomic mass is 9.89. The van der Waals surface area contributed by atoms with Crippen molar-refractivity contribution in [2.24, 2.45) is 0 Å². The molecule has 2 rings (SSSR count). The van der Waals surface area contributed by atoms with Crippen molar-refractivity contribution in [1.29, 1.82) is 0 Å². The fourth-order valence-corrected chi connectivity index (χ4v) is 8.69. The molecule has 55 heavy (non-hydrogen) atoms. The van der Waals surface area contributed by atoms with Gasteiger partial charge in [0.2, 0.25) is 0 Å². The van der Waals surface area contributed by atoms with Gasteiger partial charge in [-0.15, -0.1) is 0 Å². The van der Waals surface area contributed by atoms with Crippen molar-refractivity contribution < 1.29 is 4.74 Å². The summed E-state index contributed by atoms with van der Waals surface area (Å²) in [5.74, 6) is 2.10. The summed E-state index contributed by atoms with van der Waals surface area (Å²) in [5.41, 5.74) is 4.83. The van der Waals surface area contributed by atoms with Gasteiger partial charge in [-0.05, 0) is 73.4 Å². The van der Waals surface area contributed by atoms with Gasteiger partial charge >= 0.3 is 0 Å². The molecule has 1 heteroatoms. The number of benzene rings is 2. The monoisotopic (exact) mass is 759 g/mol. The van der Waals surface area contributed by atoms with Gasteiger partial charge in [-0.1, -0.05) is 257 Å². The summed E-state index contributed by atoms with van der Waals surface area (Å²) in [7, 11) is 0. The van der Waals surface area contributed by atoms with E-state index in [4.69, 9.17) is 4.74 Å². The van der Waals surface area contributed by atoms with Crippen LogP contribution in [0.15, 0.2) is 42.5 Å². The summed E-state index contributed by atoms with van der Waals surface area (Å²) in [5, 5.41) is 0. The summed E-state index contributed by atoms with van der Waals surface area (Å²) in [6, 6.07) is 15.3. The minimum atomic E-state index is 0.975. The van der Waals surface area contributed by atoms with E-state index < -0.39 is 0 Å². The maximum Gasteiger partial charge on any atom is 0.130 e. The van der Waals surface area contributed by atoms with E-state index in [9.17, 15) is 0 Å². The normalized spacial score (nSPS) is 11.5. The highest BCUT2D eigenvalue weighted by molar-refractivity contribution is 5.47. The highest BCUT2D eigenvalue weighted by Crippen LogP contribution is 2.34. The van der Waals surface area contributed by atoms with Crippen molar-refractivity contribution >= 4 is 0 Å². The minimum Gasteiger partial charge on any atom is -0.457 e. The SMILES string of the molecule is CCCCCCCCCCCCCCc1ccc(Oc2ccccc2)c(CCCCCCCCCCCCCC)c1CCCCCCCCCCCCCC. The zero-order valence-corrected chi connectivity index (χ0v) is 37.5. The number of para-hydroxylation sites is 1. The lowest BCUT2D eigenvalue weighted by molar-refractivity contribution is 0.471. The number of aryl methyl sites for hydroxylation is 1. The van der Waals surface area contributed by atoms with E-state index in [1.165, 1.54) is 256 Å². The van der Waals surface area contributed by atoms with Crippen molar-refractivity contribution in [3.63, 3.8) is 0 Å². The van der Waals surface area contributed by atoms with Crippen molar-refractivity contribution in [1.82, 2.24) is 0 Å². The molecule has 2 aromatic rings. The van der Waals surface area contributed by atoms with E-state index in [2.05, 4.69) is 63.2 Å². The molecule has 0 radical (unpaired) electrons. The fraction of sp³-hybridized carbons (Fsp3) is 0.778. The molecule has 2 aromatic carbocycles. The van der Waals surface area contributed by atoms with E-state index >= 15 is 0 Å². The Bertz CT molecular complexity index is 1070. The highest BCUT2D eigenvalue weighted by Gasteiger charge is 2.15. The van der Waals surface area contributed by atoms with Gasteiger partial charge in [0.05, 0.1) is 0 Å². The molecule has 0 spiro atoms. The molecule has 0 N–H and O–H groups in total. The van der Waals surface area contributed by atoms with E-state index in [1.807, 2.05) is 0 Å². The maximum atomic E-state index is 6.69. The average Bonchev–Trinajstić information content (AvgIpc) is 3.20. The second-order valence-electron chi connectivity index (χ2n) is 17.5. The molecule has 1 nitrogen and oxygen atoms in total. The third kappa shape index (κ3) is 27.5. The largest absolute Gasteiger partial charge is 0.457 e. The Balaban J connectivity index is 1.94. The van der Waals surface area contributed by atoms with Crippen molar-refractivity contribution in [3.05, 3.63) is 59.2 Å². The Morgan fingerprint density at radius 2 is 0.600 bits per heavy atom. The first kappa shape index (κ1) is 49.4. The Hall–Kier alpha value is -1.76. The molecule has 0 fully saturated rings. The summed E-state index contributed by atoms with van der Waals surface area (Å²) < 4.78 is 6.69. The lowest BCUT2D eigenvalue weighted by Gasteiger charge is -2.20. The summed E-state index contributed by atoms with van der Waals surface area (Å²) in [6.45, 7) is 6.95. The molecule has 0 aromatic heterocycles. The van der Waals surface area contributed by atoms with E-state index in [0.717, 1.165) is 11.5 Å². The van der Waals surface area contributed by atoms with Crippen molar-refractivity contribution in [3.8, 4) is 11.5 Å². The number of rotatable bonds is 41. The standard InChI is InChI=1S/C54H94O/c1-4-7-10-13-16-19-22-25-28-31-34-38-43-50-48-49-54(55-51-44-39-37-40-45-51)53(47-42-36-33-30-27-24-21-18-15-12-9-6-3)52(50)46-41-35-32-29-26-23-20-17-14-11-8-5-2/h37,39-40,44-45,48-49H,4-36,38,41-43,46-47H2,1-3H3. The van der Waals surface area contributed by atoms with E-state index in [0.29, 0.717) is 0 Å². The van der Waals surface area contributed by atoms with Crippen LogP contribution < -0.4 is 4.74 Å². The van der Waals surface area contributed by atoms with Crippen LogP contribution in [-0.2, 0) is 19.3 Å². The smallest absolute Gasteiger partial charge is 0.130 e. The first-order valence-corrected chi connectivity index (χ1v) is 25.2. The third-order valence-corrected chi connectivity index (χ3v) is 12.3. The number of unbranched alkanes of at least 4 members (excludes halogenated alkanes) is 33. The summed E-state index contributed by atoms with van der Waals surface area (Å²) in [6.07, 6.45) is 54.4. The van der Waals surface area contributed by atoms with Crippen LogP contribution in [0.1, 0.15) is 269 Å². The van der Waals surface area contributed by atoms with Crippen LogP contribution in [0.2, 0.25) is 0 Å². The molecule has 0 saturated heterocycles. The fourth-order valence-electron chi connectivity index (χ4n) is 8.69. The van der Waals surface area contributed by atoms with Gasteiger partial charge in [-0.2, -0.15) is 0 Å². The molecular weight excluding hydrogens is 665 g/mol. The molecule has 0 aliphatic heterocycles. The van der Waals surface area contributed by atoms with Crippen LogP contribution in [0, 0.1) is 0 Å². The van der Waals surface area contributed by atoms with Crippen LogP contribution >= 0.6 is 0 Å². The molecule has 0 bridgehead atoms. The van der Waals surface area contributed by atoms with Gasteiger partial charge in [0, 0.05) is 0 Å². The van der Waals surface area contributed by atoms with Gasteiger partial charge in [0.25, 0.3) is 0 Å². The third-order valence-electron chi connectivity index (χ3n) is 12.3. The summed E-state index contributed by atoms with van der Waals surface area (Å²) in [4.78, 5) is 0. The molecule has 0 heterocycles. The van der Waals surface area contributed by atoms with Gasteiger partial charge < -0.3 is 4.74 Å². The first-order chi connectivity index (χ1) is 27.3. The van der Waals surface area contributed by atoms with Gasteiger partial charge in [0.15, 0.2) is 0 Å². The highest BCUT2D eigenvalue weighted by atomic mass is 16.5. The molecule has 0 unspecified atom stereocenters. The first-order valence-electron chi connectivity index (χ1n) is 25.2. The Labute approximate surface area is 345 Å². The Morgan fingerprint density at radius 3 is 0.964 bits per heavy atom. The maximum absolute atomic E-state index is 6.69. The van der Waals surface area contributed by atoms with Crippen molar-refractivity contribution in [2.75, 3.05) is 0 Å². The zero-order chi connectivity index (χ0) is 39.1. The van der Waals surface area contributed by atoms with Gasteiger partial charge in [-0.3, -0.25) is 0 Å². The minimum absolute atomic E-state index is 0.975. The quantitative estimate of drug-likeness (QED) is 0.0614. The van der Waals surface area contributed by atoms with Crippen LogP contribution in [0.3, 0.4) is 0 Å². The molecular formula is C54H94O.